The van der Waals surface area contributed by atoms with Crippen LogP contribution >= 0.6 is 0 Å². The van der Waals surface area contributed by atoms with E-state index in [4.69, 9.17) is 10.4 Å². The molecule has 242 valence electrons. The smallest absolute Gasteiger partial charge is 0.0729 e. The molecular formula is C48H40N2. The Morgan fingerprint density at radius 3 is 1.38 bits per heavy atom. The van der Waals surface area contributed by atoms with Gasteiger partial charge >= 0.3 is 0 Å². The Kier molecular flexibility index (Phi) is 11.2. The summed E-state index contributed by atoms with van der Waals surface area (Å²) in [4.78, 5) is 5.13. The van der Waals surface area contributed by atoms with Crippen molar-refractivity contribution in [1.29, 1.82) is 5.41 Å². The molecule has 0 radical (unpaired) electrons. The fraction of sp³-hybridized carbons (Fsp3) is 0.0417. The molecular weight excluding hydrogens is 605 g/mol. The summed E-state index contributed by atoms with van der Waals surface area (Å²) in [5.74, 6) is 0. The van der Waals surface area contributed by atoms with E-state index < -0.39 is 0 Å². The summed E-state index contributed by atoms with van der Waals surface area (Å²) in [7, 11) is 0. The third kappa shape index (κ3) is 8.01. The highest BCUT2D eigenvalue weighted by atomic mass is 14.7. The maximum absolute atomic E-state index is 9.01. The molecule has 2 heteroatoms. The predicted octanol–water partition coefficient (Wildman–Crippen LogP) is 12.9. The molecule has 0 spiro atoms. The Morgan fingerprint density at radius 1 is 0.420 bits per heavy atom. The number of rotatable bonds is 9. The van der Waals surface area contributed by atoms with Crippen molar-refractivity contribution in [3.8, 4) is 44.5 Å². The Morgan fingerprint density at radius 2 is 0.820 bits per heavy atom. The normalized spacial score (nSPS) is 11.1. The number of nitrogens with zero attached hydrogens (tertiary/aromatic N) is 1. The SMILES string of the molecule is CC.N=C(/C=C(\N=Cc1ccccc1-c1ccc(-c2ccccc2)cc1)c1ccccc1-c1ccc(-c2ccccc2)cc1)c1ccccc1. The van der Waals surface area contributed by atoms with Crippen LogP contribution in [0, 0.1) is 5.41 Å². The minimum absolute atomic E-state index is 0.404. The van der Waals surface area contributed by atoms with E-state index in [0.29, 0.717) is 5.71 Å². The van der Waals surface area contributed by atoms with Gasteiger partial charge in [0, 0.05) is 17.3 Å². The molecule has 0 saturated heterocycles. The minimum Gasteiger partial charge on any atom is -0.300 e. The monoisotopic (exact) mass is 644 g/mol. The molecule has 0 unspecified atom stereocenters. The highest BCUT2D eigenvalue weighted by molar-refractivity contribution is 6.11. The Hall–Kier alpha value is -6.38. The zero-order valence-corrected chi connectivity index (χ0v) is 28.5. The van der Waals surface area contributed by atoms with Gasteiger partial charge in [0.1, 0.15) is 0 Å². The quantitative estimate of drug-likeness (QED) is 0.152. The van der Waals surface area contributed by atoms with Crippen LogP contribution in [0.15, 0.2) is 199 Å². The summed E-state index contributed by atoms with van der Waals surface area (Å²) in [6.07, 6.45) is 3.81. The molecule has 0 aromatic heterocycles. The van der Waals surface area contributed by atoms with E-state index in [1.807, 2.05) is 80.7 Å². The van der Waals surface area contributed by atoms with Crippen molar-refractivity contribution < 1.29 is 0 Å². The molecule has 7 aromatic rings. The third-order valence-corrected chi connectivity index (χ3v) is 8.48. The molecule has 0 atom stereocenters. The Balaban J connectivity index is 0.00000212. The fourth-order valence-corrected chi connectivity index (χ4v) is 5.94. The van der Waals surface area contributed by atoms with Crippen LogP contribution in [-0.2, 0) is 0 Å². The lowest BCUT2D eigenvalue weighted by molar-refractivity contribution is 1.46. The van der Waals surface area contributed by atoms with Gasteiger partial charge in [-0.3, -0.25) is 4.99 Å². The molecule has 0 aliphatic rings. The highest BCUT2D eigenvalue weighted by Gasteiger charge is 2.12. The van der Waals surface area contributed by atoms with Crippen LogP contribution in [0.4, 0.5) is 0 Å². The lowest BCUT2D eigenvalue weighted by atomic mass is 9.94. The fourth-order valence-electron chi connectivity index (χ4n) is 5.94. The summed E-state index contributed by atoms with van der Waals surface area (Å²) in [6, 6.07) is 64.7. The molecule has 0 fully saturated rings. The predicted molar refractivity (Wildman–Crippen MR) is 215 cm³/mol. The second-order valence-electron chi connectivity index (χ2n) is 11.6. The largest absolute Gasteiger partial charge is 0.300 e. The molecule has 7 aromatic carbocycles. The summed E-state index contributed by atoms with van der Waals surface area (Å²) in [6.45, 7) is 4.00. The molecule has 0 amide bonds. The van der Waals surface area contributed by atoms with Crippen LogP contribution in [0.5, 0.6) is 0 Å². The lowest BCUT2D eigenvalue weighted by Crippen LogP contribution is -1.98. The zero-order chi connectivity index (χ0) is 34.5. The maximum atomic E-state index is 9.01. The average Bonchev–Trinajstić information content (AvgIpc) is 3.21. The number of hydrogen-bond acceptors (Lipinski definition) is 2. The molecule has 0 aliphatic heterocycles. The number of hydrogen-bond donors (Lipinski definition) is 1. The van der Waals surface area contributed by atoms with Crippen molar-refractivity contribution in [2.24, 2.45) is 4.99 Å². The van der Waals surface area contributed by atoms with Gasteiger partial charge in [0.25, 0.3) is 0 Å². The van der Waals surface area contributed by atoms with Crippen LogP contribution in [-0.4, -0.2) is 11.9 Å². The van der Waals surface area contributed by atoms with Crippen molar-refractivity contribution in [2.45, 2.75) is 13.8 Å². The van der Waals surface area contributed by atoms with Crippen LogP contribution in [0.25, 0.3) is 50.2 Å². The van der Waals surface area contributed by atoms with Crippen LogP contribution < -0.4 is 0 Å². The van der Waals surface area contributed by atoms with E-state index in [2.05, 4.69) is 133 Å². The van der Waals surface area contributed by atoms with Gasteiger partial charge in [-0.15, -0.1) is 0 Å². The molecule has 1 N–H and O–H groups in total. The average molecular weight is 645 g/mol. The molecule has 50 heavy (non-hydrogen) atoms. The van der Waals surface area contributed by atoms with Gasteiger partial charge in [-0.25, -0.2) is 0 Å². The van der Waals surface area contributed by atoms with Gasteiger partial charge in [0.15, 0.2) is 0 Å². The Labute approximate surface area is 296 Å². The van der Waals surface area contributed by atoms with Crippen LogP contribution in [0.3, 0.4) is 0 Å². The van der Waals surface area contributed by atoms with Gasteiger partial charge < -0.3 is 5.41 Å². The van der Waals surface area contributed by atoms with Crippen LogP contribution in [0.2, 0.25) is 0 Å². The van der Waals surface area contributed by atoms with Gasteiger partial charge in [-0.2, -0.15) is 0 Å². The summed E-state index contributed by atoms with van der Waals surface area (Å²) in [5, 5.41) is 9.01. The van der Waals surface area contributed by atoms with Crippen molar-refractivity contribution in [1.82, 2.24) is 0 Å². The number of nitrogens with one attached hydrogen (secondary N) is 1. The highest BCUT2D eigenvalue weighted by Crippen LogP contribution is 2.33. The van der Waals surface area contributed by atoms with E-state index in [0.717, 1.165) is 44.6 Å². The second-order valence-corrected chi connectivity index (χ2v) is 11.6. The van der Waals surface area contributed by atoms with Crippen molar-refractivity contribution in [3.63, 3.8) is 0 Å². The molecule has 0 bridgehead atoms. The first-order chi connectivity index (χ1) is 24.7. The Bertz CT molecular complexity index is 2200. The van der Waals surface area contributed by atoms with E-state index in [-0.39, 0.29) is 0 Å². The van der Waals surface area contributed by atoms with Crippen molar-refractivity contribution in [2.75, 3.05) is 0 Å². The number of aliphatic imine (C=N–C) groups is 1. The molecule has 0 heterocycles. The molecule has 0 aliphatic carbocycles. The van der Waals surface area contributed by atoms with E-state index >= 15 is 0 Å². The topological polar surface area (TPSA) is 36.2 Å². The first-order valence-electron chi connectivity index (χ1n) is 17.1. The van der Waals surface area contributed by atoms with E-state index in [1.165, 1.54) is 22.3 Å². The van der Waals surface area contributed by atoms with E-state index in [9.17, 15) is 0 Å². The third-order valence-electron chi connectivity index (χ3n) is 8.48. The van der Waals surface area contributed by atoms with Gasteiger partial charge in [0.05, 0.1) is 11.4 Å². The summed E-state index contributed by atoms with van der Waals surface area (Å²) in [5.41, 5.74) is 13.1. The minimum atomic E-state index is 0.404. The zero-order valence-electron chi connectivity index (χ0n) is 28.5. The molecule has 0 saturated carbocycles. The van der Waals surface area contributed by atoms with Crippen molar-refractivity contribution >= 4 is 17.6 Å². The maximum Gasteiger partial charge on any atom is 0.0729 e. The lowest BCUT2D eigenvalue weighted by Gasteiger charge is -2.13. The molecule has 7 rings (SSSR count). The second kappa shape index (κ2) is 16.6. The number of benzene rings is 7. The van der Waals surface area contributed by atoms with Gasteiger partial charge in [0.2, 0.25) is 0 Å². The van der Waals surface area contributed by atoms with E-state index in [1.54, 1.807) is 0 Å². The molecule has 2 nitrogen and oxygen atoms in total. The van der Waals surface area contributed by atoms with Crippen molar-refractivity contribution in [3.05, 3.63) is 211 Å². The van der Waals surface area contributed by atoms with Gasteiger partial charge in [-0.05, 0) is 56.1 Å². The standard InChI is InChI=1S/C46H34N2.C2H6/c47-45(40-18-8-3-9-19-40)32-46(44-23-13-12-22-43(44)39-30-26-37(27-31-39)35-16-6-2-7-17-35)48-33-41-20-10-11-21-42(41)38-28-24-36(25-29-38)34-14-4-1-5-15-34;1-2/h1-33,47H;1-2H3/b46-32-,47-45?,48-33?;. The first-order valence-corrected chi connectivity index (χ1v) is 17.1. The summed E-state index contributed by atoms with van der Waals surface area (Å²) < 4.78 is 0. The number of allylic oxidation sites excluding steroid dienone is 1. The first kappa shape index (κ1) is 33.5. The van der Waals surface area contributed by atoms with Crippen LogP contribution in [0.1, 0.15) is 30.5 Å². The van der Waals surface area contributed by atoms with Gasteiger partial charge in [-0.1, -0.05) is 202 Å². The summed E-state index contributed by atoms with van der Waals surface area (Å²) >= 11 is 0.